The molecule has 0 aliphatic heterocycles. The minimum atomic E-state index is -4.53. The van der Waals surface area contributed by atoms with Gasteiger partial charge in [-0.2, -0.15) is 23.4 Å². The zero-order valence-electron chi connectivity index (χ0n) is 19.1. The Labute approximate surface area is 198 Å². The number of alkyl halides is 3. The third-order valence-corrected chi connectivity index (χ3v) is 6.02. The summed E-state index contributed by atoms with van der Waals surface area (Å²) in [6.45, 7) is 3.46. The Morgan fingerprint density at radius 2 is 1.91 bits per heavy atom. The fourth-order valence-electron chi connectivity index (χ4n) is 4.19. The number of rotatable bonds is 5. The first-order valence-electron chi connectivity index (χ1n) is 11.2. The summed E-state index contributed by atoms with van der Waals surface area (Å²) in [5.41, 5.74) is 2.39. The number of anilines is 1. The molecular formula is C25H22F3N5O2. The summed E-state index contributed by atoms with van der Waals surface area (Å²) in [5, 5.41) is 12.0. The molecule has 1 amide bonds. The van der Waals surface area contributed by atoms with Crippen molar-refractivity contribution in [2.75, 3.05) is 5.32 Å². The van der Waals surface area contributed by atoms with Crippen LogP contribution < -0.4 is 10.9 Å². The van der Waals surface area contributed by atoms with Crippen LogP contribution in [0.15, 0.2) is 53.5 Å². The summed E-state index contributed by atoms with van der Waals surface area (Å²) in [5.74, 6) is -0.481. The normalized spacial score (nSPS) is 13.9. The van der Waals surface area contributed by atoms with Crippen molar-refractivity contribution in [2.45, 2.75) is 45.3 Å². The lowest BCUT2D eigenvalue weighted by Crippen LogP contribution is -2.31. The van der Waals surface area contributed by atoms with E-state index in [-0.39, 0.29) is 11.6 Å². The van der Waals surface area contributed by atoms with E-state index in [1.54, 1.807) is 10.9 Å². The molecule has 180 valence electrons. The number of benzene rings is 2. The second-order valence-corrected chi connectivity index (χ2v) is 8.86. The monoisotopic (exact) mass is 481 g/mol. The molecule has 35 heavy (non-hydrogen) atoms. The molecule has 2 aromatic heterocycles. The molecule has 4 aromatic rings. The quantitative estimate of drug-likeness (QED) is 0.447. The number of halogens is 3. The Hall–Kier alpha value is -3.95. The van der Waals surface area contributed by atoms with Crippen molar-refractivity contribution in [3.8, 4) is 5.69 Å². The number of nitrogens with one attached hydrogen (secondary N) is 1. The number of carbonyl (C=O) groups is 1. The Bertz CT molecular complexity index is 1520. The molecule has 0 radical (unpaired) electrons. The lowest BCUT2D eigenvalue weighted by molar-refractivity contribution is -0.137. The number of hydrogen-bond donors (Lipinski definition) is 1. The van der Waals surface area contributed by atoms with Gasteiger partial charge >= 0.3 is 6.18 Å². The van der Waals surface area contributed by atoms with E-state index in [2.05, 4.69) is 15.5 Å². The van der Waals surface area contributed by atoms with E-state index in [0.717, 1.165) is 46.5 Å². The highest BCUT2D eigenvalue weighted by Crippen LogP contribution is 2.41. The summed E-state index contributed by atoms with van der Waals surface area (Å²) in [7, 11) is 0. The molecule has 2 aromatic carbocycles. The Morgan fingerprint density at radius 1 is 1.14 bits per heavy atom. The van der Waals surface area contributed by atoms with E-state index in [1.165, 1.54) is 12.1 Å². The van der Waals surface area contributed by atoms with Gasteiger partial charge in [0, 0.05) is 17.0 Å². The molecule has 0 spiro atoms. The maximum Gasteiger partial charge on any atom is 0.416 e. The van der Waals surface area contributed by atoms with Crippen LogP contribution in [0.4, 0.5) is 18.9 Å². The standard InChI is InChI=1S/C25H22F3N5O2/c1-14-6-9-20(15(2)10-14)33-23-19(12-29-33)22(16-7-8-16)31-32(24(23)35)13-21(34)30-18-5-3-4-17(11-18)25(26,27)28/h3-6,9-12,16H,7-8,13H2,1-2H3,(H,30,34). The summed E-state index contributed by atoms with van der Waals surface area (Å²) in [6.07, 6.45) is -1.06. The number of aryl methyl sites for hydroxylation is 2. The van der Waals surface area contributed by atoms with E-state index in [4.69, 9.17) is 0 Å². The van der Waals surface area contributed by atoms with Crippen molar-refractivity contribution >= 4 is 22.5 Å². The maximum absolute atomic E-state index is 13.4. The average Bonchev–Trinajstić information content (AvgIpc) is 3.54. The summed E-state index contributed by atoms with van der Waals surface area (Å²) < 4.78 is 41.6. The van der Waals surface area contributed by atoms with Gasteiger partial charge in [-0.15, -0.1) is 0 Å². The highest BCUT2D eigenvalue weighted by Gasteiger charge is 2.32. The van der Waals surface area contributed by atoms with Crippen molar-refractivity contribution in [1.29, 1.82) is 0 Å². The van der Waals surface area contributed by atoms with Crippen molar-refractivity contribution in [3.05, 3.63) is 81.4 Å². The Balaban J connectivity index is 1.53. The van der Waals surface area contributed by atoms with Gasteiger partial charge in [0.25, 0.3) is 5.56 Å². The zero-order chi connectivity index (χ0) is 24.9. The molecular weight excluding hydrogens is 459 g/mol. The largest absolute Gasteiger partial charge is 0.416 e. The number of fused-ring (bicyclic) bond motifs is 1. The third-order valence-electron chi connectivity index (χ3n) is 6.02. The Kier molecular flexibility index (Phi) is 5.46. The number of amides is 1. The highest BCUT2D eigenvalue weighted by molar-refractivity contribution is 5.91. The second-order valence-electron chi connectivity index (χ2n) is 8.86. The van der Waals surface area contributed by atoms with Crippen molar-refractivity contribution in [3.63, 3.8) is 0 Å². The molecule has 1 aliphatic carbocycles. The molecule has 1 fully saturated rings. The summed E-state index contributed by atoms with van der Waals surface area (Å²) in [4.78, 5) is 26.1. The molecule has 1 N–H and O–H groups in total. The molecule has 1 aliphatic rings. The fourth-order valence-corrected chi connectivity index (χ4v) is 4.19. The molecule has 0 saturated heterocycles. The molecule has 1 saturated carbocycles. The number of aromatic nitrogens is 4. The first-order chi connectivity index (χ1) is 16.6. The maximum atomic E-state index is 13.4. The van der Waals surface area contributed by atoms with Crippen LogP contribution in [0.2, 0.25) is 0 Å². The van der Waals surface area contributed by atoms with Crippen molar-refractivity contribution in [2.24, 2.45) is 0 Å². The third kappa shape index (κ3) is 4.43. The smallest absolute Gasteiger partial charge is 0.324 e. The van der Waals surface area contributed by atoms with Gasteiger partial charge in [0.1, 0.15) is 12.1 Å². The highest BCUT2D eigenvalue weighted by atomic mass is 19.4. The van der Waals surface area contributed by atoms with Gasteiger partial charge in [-0.3, -0.25) is 9.59 Å². The van der Waals surface area contributed by atoms with E-state index >= 15 is 0 Å². The van der Waals surface area contributed by atoms with Crippen LogP contribution >= 0.6 is 0 Å². The average molecular weight is 481 g/mol. The SMILES string of the molecule is Cc1ccc(-n2ncc3c(C4CC4)nn(CC(=O)Nc4cccc(C(F)(F)F)c4)c(=O)c32)c(C)c1. The van der Waals surface area contributed by atoms with Gasteiger partial charge in [-0.1, -0.05) is 23.8 Å². The van der Waals surface area contributed by atoms with Crippen LogP contribution in [0, 0.1) is 13.8 Å². The predicted octanol–water partition coefficient (Wildman–Crippen LogP) is 4.73. The lowest BCUT2D eigenvalue weighted by Gasteiger charge is -2.12. The number of nitrogens with zero attached hydrogens (tertiary/aromatic N) is 4. The fraction of sp³-hybridized carbons (Fsp3) is 0.280. The molecule has 2 heterocycles. The minimum Gasteiger partial charge on any atom is -0.324 e. The predicted molar refractivity (Wildman–Crippen MR) is 125 cm³/mol. The first-order valence-corrected chi connectivity index (χ1v) is 11.2. The first kappa shape index (κ1) is 22.8. The van der Waals surface area contributed by atoms with Gasteiger partial charge in [-0.25, -0.2) is 9.36 Å². The number of carbonyl (C=O) groups excluding carboxylic acids is 1. The molecule has 0 unspecified atom stereocenters. The molecule has 0 atom stereocenters. The van der Waals surface area contributed by atoms with Gasteiger partial charge in [0.05, 0.1) is 23.1 Å². The van der Waals surface area contributed by atoms with Gasteiger partial charge in [-0.05, 0) is 56.5 Å². The zero-order valence-corrected chi connectivity index (χ0v) is 19.1. The van der Waals surface area contributed by atoms with Gasteiger partial charge in [0.2, 0.25) is 5.91 Å². The van der Waals surface area contributed by atoms with Crippen LogP contribution in [0.1, 0.15) is 41.1 Å². The van der Waals surface area contributed by atoms with Crippen LogP contribution in [0.5, 0.6) is 0 Å². The molecule has 5 rings (SSSR count). The topological polar surface area (TPSA) is 81.8 Å². The summed E-state index contributed by atoms with van der Waals surface area (Å²) in [6, 6.07) is 10.2. The molecule has 0 bridgehead atoms. The van der Waals surface area contributed by atoms with Crippen molar-refractivity contribution in [1.82, 2.24) is 19.6 Å². The van der Waals surface area contributed by atoms with Gasteiger partial charge < -0.3 is 5.32 Å². The summed E-state index contributed by atoms with van der Waals surface area (Å²) >= 11 is 0. The van der Waals surface area contributed by atoms with Crippen LogP contribution in [0.3, 0.4) is 0 Å². The molecule has 10 heteroatoms. The minimum absolute atomic E-state index is 0.0123. The second kappa shape index (κ2) is 8.37. The van der Waals surface area contributed by atoms with E-state index < -0.39 is 29.8 Å². The lowest BCUT2D eigenvalue weighted by atomic mass is 10.1. The van der Waals surface area contributed by atoms with Crippen LogP contribution in [0.25, 0.3) is 16.6 Å². The van der Waals surface area contributed by atoms with E-state index in [1.807, 2.05) is 32.0 Å². The van der Waals surface area contributed by atoms with E-state index in [0.29, 0.717) is 16.6 Å². The van der Waals surface area contributed by atoms with Crippen LogP contribution in [-0.2, 0) is 17.5 Å². The Morgan fingerprint density at radius 3 is 2.60 bits per heavy atom. The number of hydrogen-bond acceptors (Lipinski definition) is 4. The van der Waals surface area contributed by atoms with E-state index in [9.17, 15) is 22.8 Å². The molecule has 7 nitrogen and oxygen atoms in total. The van der Waals surface area contributed by atoms with Gasteiger partial charge in [0.15, 0.2) is 0 Å². The van der Waals surface area contributed by atoms with Crippen LogP contribution in [-0.4, -0.2) is 25.5 Å². The van der Waals surface area contributed by atoms with Crippen molar-refractivity contribution < 1.29 is 18.0 Å².